The van der Waals surface area contributed by atoms with E-state index < -0.39 is 5.97 Å². The second-order valence-electron chi connectivity index (χ2n) is 6.62. The molecule has 134 valence electrons. The van der Waals surface area contributed by atoms with Crippen LogP contribution >= 0.6 is 11.6 Å². The van der Waals surface area contributed by atoms with Gasteiger partial charge in [-0.2, -0.15) is 5.10 Å². The number of hydrogen-bond donors (Lipinski definition) is 1. The largest absolute Gasteiger partial charge is 0.476 e. The summed E-state index contributed by atoms with van der Waals surface area (Å²) in [5.74, 6) is -1.16. The lowest BCUT2D eigenvalue weighted by molar-refractivity contribution is 0.0690. The minimum absolute atomic E-state index is 0.0545. The lowest BCUT2D eigenvalue weighted by Gasteiger charge is -2.24. The number of likely N-dealkylation sites (tertiary alicyclic amines) is 1. The number of nitrogens with zero attached hydrogens (tertiary/aromatic N) is 4. The Morgan fingerprint density at radius 2 is 1.88 bits per heavy atom. The summed E-state index contributed by atoms with van der Waals surface area (Å²) in [5.41, 5.74) is 3.30. The van der Waals surface area contributed by atoms with Crippen LogP contribution in [0.15, 0.2) is 36.7 Å². The fraction of sp³-hybridized carbons (Fsp3) is 0.316. The van der Waals surface area contributed by atoms with Gasteiger partial charge in [0.2, 0.25) is 0 Å². The Morgan fingerprint density at radius 1 is 1.19 bits per heavy atom. The summed E-state index contributed by atoms with van der Waals surface area (Å²) in [7, 11) is 0. The molecule has 0 spiro atoms. The van der Waals surface area contributed by atoms with Crippen molar-refractivity contribution < 1.29 is 9.90 Å². The highest BCUT2D eigenvalue weighted by Crippen LogP contribution is 2.28. The van der Waals surface area contributed by atoms with E-state index in [1.807, 2.05) is 0 Å². The topological polar surface area (TPSA) is 70.7 Å². The predicted molar refractivity (Wildman–Crippen MR) is 99.6 cm³/mol. The molecule has 1 atom stereocenters. The van der Waals surface area contributed by atoms with Crippen LogP contribution in [0.3, 0.4) is 0 Å². The van der Waals surface area contributed by atoms with Crippen LogP contribution < -0.4 is 0 Å². The van der Waals surface area contributed by atoms with E-state index in [4.69, 9.17) is 16.7 Å². The third kappa shape index (κ3) is 2.95. The normalized spacial score (nSPS) is 16.2. The van der Waals surface area contributed by atoms with Gasteiger partial charge in [-0.25, -0.2) is 14.3 Å². The summed E-state index contributed by atoms with van der Waals surface area (Å²) < 4.78 is 1.42. The quantitative estimate of drug-likeness (QED) is 0.754. The summed E-state index contributed by atoms with van der Waals surface area (Å²) in [6, 6.07) is 8.82. The molecule has 1 aliphatic rings. The molecule has 1 aromatic carbocycles. The van der Waals surface area contributed by atoms with Crippen LogP contribution in [0, 0.1) is 0 Å². The van der Waals surface area contributed by atoms with Crippen molar-refractivity contribution in [1.82, 2.24) is 19.5 Å². The average molecular weight is 371 g/mol. The number of fused-ring (bicyclic) bond motifs is 1. The van der Waals surface area contributed by atoms with Gasteiger partial charge in [0.05, 0.1) is 0 Å². The molecule has 0 bridgehead atoms. The van der Waals surface area contributed by atoms with Crippen LogP contribution in [0.25, 0.3) is 16.8 Å². The Kier molecular flexibility index (Phi) is 4.38. The Labute approximate surface area is 156 Å². The number of aromatic carboxylic acids is 1. The smallest absolute Gasteiger partial charge is 0.358 e. The zero-order valence-electron chi connectivity index (χ0n) is 14.4. The molecule has 1 aliphatic heterocycles. The van der Waals surface area contributed by atoms with Crippen LogP contribution in [0.1, 0.15) is 41.9 Å². The van der Waals surface area contributed by atoms with Crippen LogP contribution in [0.4, 0.5) is 0 Å². The molecule has 7 heteroatoms. The third-order valence-electron chi connectivity index (χ3n) is 5.03. The van der Waals surface area contributed by atoms with Crippen molar-refractivity contribution in [2.75, 3.05) is 13.1 Å². The lowest BCUT2D eigenvalue weighted by Crippen LogP contribution is -2.23. The Bertz CT molecular complexity index is 962. The second kappa shape index (κ2) is 6.70. The summed E-state index contributed by atoms with van der Waals surface area (Å²) in [5, 5.41) is 13.2. The molecule has 1 fully saturated rings. The van der Waals surface area contributed by atoms with Crippen molar-refractivity contribution >= 4 is 23.2 Å². The van der Waals surface area contributed by atoms with Crippen molar-refractivity contribution in [1.29, 1.82) is 0 Å². The highest BCUT2D eigenvalue weighted by atomic mass is 35.5. The molecule has 1 saturated heterocycles. The highest BCUT2D eigenvalue weighted by molar-refractivity contribution is 6.36. The molecular formula is C19H19ClN4O2. The maximum atomic E-state index is 11.2. The maximum Gasteiger partial charge on any atom is 0.358 e. The number of aromatic nitrogens is 3. The number of hydrogen-bond acceptors (Lipinski definition) is 4. The Hall–Kier alpha value is -2.44. The first-order valence-electron chi connectivity index (χ1n) is 8.66. The number of benzene rings is 1. The van der Waals surface area contributed by atoms with E-state index in [9.17, 15) is 4.79 Å². The number of carbonyl (C=O) groups is 1. The predicted octanol–water partition coefficient (Wildman–Crippen LogP) is 3.90. The van der Waals surface area contributed by atoms with Gasteiger partial charge in [-0.15, -0.1) is 0 Å². The van der Waals surface area contributed by atoms with E-state index in [1.54, 1.807) is 12.4 Å². The number of halogens is 1. The van der Waals surface area contributed by atoms with Gasteiger partial charge in [0.15, 0.2) is 11.3 Å². The van der Waals surface area contributed by atoms with Gasteiger partial charge in [-0.3, -0.25) is 4.90 Å². The van der Waals surface area contributed by atoms with Crippen molar-refractivity contribution in [3.05, 3.63) is 52.9 Å². The molecule has 6 nitrogen and oxygen atoms in total. The molecule has 0 radical (unpaired) electrons. The molecule has 1 N–H and O–H groups in total. The van der Waals surface area contributed by atoms with E-state index in [-0.39, 0.29) is 10.7 Å². The van der Waals surface area contributed by atoms with Crippen molar-refractivity contribution in [3.63, 3.8) is 0 Å². The number of carboxylic acid groups (broad SMARTS) is 1. The lowest BCUT2D eigenvalue weighted by atomic mass is 10.0. The van der Waals surface area contributed by atoms with Gasteiger partial charge in [0, 0.05) is 24.0 Å². The molecule has 3 aromatic rings. The first-order chi connectivity index (χ1) is 12.5. The molecule has 26 heavy (non-hydrogen) atoms. The fourth-order valence-electron chi connectivity index (χ4n) is 3.49. The van der Waals surface area contributed by atoms with Gasteiger partial charge in [-0.05, 0) is 44.0 Å². The van der Waals surface area contributed by atoms with E-state index in [2.05, 4.69) is 46.2 Å². The fourth-order valence-corrected chi connectivity index (χ4v) is 3.74. The van der Waals surface area contributed by atoms with Crippen LogP contribution in [-0.2, 0) is 0 Å². The van der Waals surface area contributed by atoms with Crippen LogP contribution in [0.2, 0.25) is 5.02 Å². The zero-order valence-corrected chi connectivity index (χ0v) is 15.1. The number of rotatable bonds is 4. The van der Waals surface area contributed by atoms with E-state index in [1.165, 1.54) is 22.9 Å². The molecule has 0 amide bonds. The minimum atomic E-state index is -1.16. The molecule has 1 unspecified atom stereocenters. The van der Waals surface area contributed by atoms with Gasteiger partial charge in [0.25, 0.3) is 0 Å². The van der Waals surface area contributed by atoms with Crippen molar-refractivity contribution in [2.24, 2.45) is 0 Å². The SMILES string of the molecule is CC(c1ccc(-c2cnc3c(Cl)c(C(=O)O)nn3c2)cc1)N1CCCC1. The highest BCUT2D eigenvalue weighted by Gasteiger charge is 2.20. The summed E-state index contributed by atoms with van der Waals surface area (Å²) in [6.45, 7) is 4.57. The first-order valence-corrected chi connectivity index (χ1v) is 9.04. The van der Waals surface area contributed by atoms with E-state index in [0.29, 0.717) is 11.7 Å². The summed E-state index contributed by atoms with van der Waals surface area (Å²) in [4.78, 5) is 17.9. The Morgan fingerprint density at radius 3 is 2.54 bits per heavy atom. The Balaban J connectivity index is 1.63. The monoisotopic (exact) mass is 370 g/mol. The molecule has 3 heterocycles. The molecule has 4 rings (SSSR count). The van der Waals surface area contributed by atoms with Gasteiger partial charge < -0.3 is 5.11 Å². The molecule has 0 saturated carbocycles. The van der Waals surface area contributed by atoms with Gasteiger partial charge >= 0.3 is 5.97 Å². The summed E-state index contributed by atoms with van der Waals surface area (Å²) >= 11 is 6.04. The maximum absolute atomic E-state index is 11.2. The van der Waals surface area contributed by atoms with Crippen LogP contribution in [-0.4, -0.2) is 43.7 Å². The first kappa shape index (κ1) is 17.0. The second-order valence-corrected chi connectivity index (χ2v) is 7.00. The van der Waals surface area contributed by atoms with Gasteiger partial charge in [-0.1, -0.05) is 35.9 Å². The standard InChI is InChI=1S/C19H19ClN4O2/c1-12(23-8-2-3-9-23)13-4-6-14(7-5-13)15-10-21-18-16(20)17(19(25)26)22-24(18)11-15/h4-7,10-12H,2-3,8-9H2,1H3,(H,25,26). The average Bonchev–Trinajstić information content (AvgIpc) is 3.29. The van der Waals surface area contributed by atoms with Crippen molar-refractivity contribution in [3.8, 4) is 11.1 Å². The van der Waals surface area contributed by atoms with Gasteiger partial charge in [0.1, 0.15) is 5.02 Å². The third-order valence-corrected chi connectivity index (χ3v) is 5.38. The minimum Gasteiger partial charge on any atom is -0.476 e. The van der Waals surface area contributed by atoms with Crippen LogP contribution in [0.5, 0.6) is 0 Å². The number of carboxylic acids is 1. The molecule has 2 aromatic heterocycles. The molecular weight excluding hydrogens is 352 g/mol. The van der Waals surface area contributed by atoms with E-state index in [0.717, 1.165) is 24.2 Å². The van der Waals surface area contributed by atoms with Crippen molar-refractivity contribution in [2.45, 2.75) is 25.8 Å². The molecule has 0 aliphatic carbocycles. The summed E-state index contributed by atoms with van der Waals surface area (Å²) in [6.07, 6.45) is 5.99. The van der Waals surface area contributed by atoms with E-state index >= 15 is 0 Å². The zero-order chi connectivity index (χ0) is 18.3.